The lowest BCUT2D eigenvalue weighted by Crippen LogP contribution is -2.57. The number of halogens is 4. The Balaban J connectivity index is 5.41. The molecule has 0 aliphatic rings. The normalized spacial score (nSPS) is 15.5. The summed E-state index contributed by atoms with van der Waals surface area (Å²) in [5, 5.41) is 0. The van der Waals surface area contributed by atoms with Gasteiger partial charge >= 0.3 is 12.0 Å². The van der Waals surface area contributed by atoms with Gasteiger partial charge in [-0.25, -0.2) is 0 Å². The Bertz CT molecular complexity index is 307. The van der Waals surface area contributed by atoms with E-state index >= 15 is 0 Å². The van der Waals surface area contributed by atoms with Gasteiger partial charge in [-0.1, -0.05) is 41.5 Å². The predicted molar refractivity (Wildman–Crippen MR) is 68.5 cm³/mol. The fraction of sp³-hybridized carbons (Fsp3) is 1.00. The molecule has 0 aromatic carbocycles. The third-order valence-electron chi connectivity index (χ3n) is 4.40. The molecule has 0 spiro atoms. The van der Waals surface area contributed by atoms with E-state index in [2.05, 4.69) is 4.74 Å². The predicted octanol–water partition coefficient (Wildman–Crippen LogP) is 5.35. The summed E-state index contributed by atoms with van der Waals surface area (Å²) >= 11 is 0. The minimum Gasteiger partial charge on any atom is -0.309 e. The Morgan fingerprint density at radius 3 is 1.37 bits per heavy atom. The van der Waals surface area contributed by atoms with Gasteiger partial charge in [0.2, 0.25) is 0 Å². The van der Waals surface area contributed by atoms with Gasteiger partial charge in [-0.15, -0.1) is 0 Å². The van der Waals surface area contributed by atoms with Crippen LogP contribution in [-0.2, 0) is 4.74 Å². The van der Waals surface area contributed by atoms with Crippen molar-refractivity contribution in [3.63, 3.8) is 0 Å². The molecule has 0 unspecified atom stereocenters. The molecule has 0 aliphatic carbocycles. The van der Waals surface area contributed by atoms with Crippen LogP contribution in [0.5, 0.6) is 0 Å². The molecule has 0 rings (SSSR count). The first-order chi connectivity index (χ1) is 8.09. The zero-order valence-electron chi connectivity index (χ0n) is 13.1. The van der Waals surface area contributed by atoms with Gasteiger partial charge in [0, 0.05) is 5.41 Å². The number of hydrogen-bond donors (Lipinski definition) is 0. The molecule has 0 fully saturated rings. The van der Waals surface area contributed by atoms with Gasteiger partial charge in [0.15, 0.2) is 0 Å². The maximum Gasteiger partial charge on any atom is 0.420 e. The Kier molecular flexibility index (Phi) is 5.14. The van der Waals surface area contributed by atoms with E-state index in [1.54, 1.807) is 13.8 Å². The highest BCUT2D eigenvalue weighted by molar-refractivity contribution is 4.95. The Hall–Kier alpha value is -0.320. The maximum absolute atomic E-state index is 14.1. The van der Waals surface area contributed by atoms with Crippen LogP contribution in [0.25, 0.3) is 0 Å². The van der Waals surface area contributed by atoms with E-state index < -0.39 is 29.0 Å². The lowest BCUT2D eigenvalue weighted by molar-refractivity contribution is -0.408. The second-order valence-corrected chi connectivity index (χ2v) is 6.83. The SMILES string of the molecule is CC(C)C(C)(C)OC(F)(F)C(F)(F)C(C)(C)C(C)C. The summed E-state index contributed by atoms with van der Waals surface area (Å²) in [6.07, 6.45) is -4.51. The van der Waals surface area contributed by atoms with Crippen LogP contribution < -0.4 is 0 Å². The zero-order chi connectivity index (χ0) is 15.9. The van der Waals surface area contributed by atoms with Crippen molar-refractivity contribution in [2.24, 2.45) is 17.3 Å². The summed E-state index contributed by atoms with van der Waals surface area (Å²) in [6.45, 7) is 11.4. The van der Waals surface area contributed by atoms with Crippen molar-refractivity contribution in [1.82, 2.24) is 0 Å². The maximum atomic E-state index is 14.1. The molecule has 5 heteroatoms. The van der Waals surface area contributed by atoms with Crippen LogP contribution in [0.15, 0.2) is 0 Å². The fourth-order valence-electron chi connectivity index (χ4n) is 1.25. The van der Waals surface area contributed by atoms with Crippen molar-refractivity contribution in [3.05, 3.63) is 0 Å². The minimum atomic E-state index is -4.51. The van der Waals surface area contributed by atoms with Crippen molar-refractivity contribution in [2.75, 3.05) is 0 Å². The van der Waals surface area contributed by atoms with Crippen LogP contribution in [-0.4, -0.2) is 17.6 Å². The first-order valence-electron chi connectivity index (χ1n) is 6.55. The van der Waals surface area contributed by atoms with Crippen LogP contribution >= 0.6 is 0 Å². The first-order valence-corrected chi connectivity index (χ1v) is 6.55. The van der Waals surface area contributed by atoms with Crippen LogP contribution in [0, 0.1) is 17.3 Å². The molecule has 0 saturated heterocycles. The Labute approximate surface area is 113 Å². The largest absolute Gasteiger partial charge is 0.420 e. The van der Waals surface area contributed by atoms with E-state index in [1.807, 2.05) is 0 Å². The lowest BCUT2D eigenvalue weighted by Gasteiger charge is -2.44. The molecular formula is C14H26F4O. The number of rotatable bonds is 6. The average Bonchev–Trinajstić information content (AvgIpc) is 2.14. The van der Waals surface area contributed by atoms with Crippen LogP contribution in [0.3, 0.4) is 0 Å². The summed E-state index contributed by atoms with van der Waals surface area (Å²) in [5.74, 6) is -5.17. The first kappa shape index (κ1) is 18.7. The molecule has 0 aromatic heterocycles. The molecule has 0 N–H and O–H groups in total. The summed E-state index contributed by atoms with van der Waals surface area (Å²) in [5.41, 5.74) is -3.20. The Morgan fingerprint density at radius 2 is 1.11 bits per heavy atom. The summed E-state index contributed by atoms with van der Waals surface area (Å²) in [4.78, 5) is 0. The van der Waals surface area contributed by atoms with Crippen molar-refractivity contribution < 1.29 is 22.3 Å². The van der Waals surface area contributed by atoms with E-state index in [-0.39, 0.29) is 5.92 Å². The lowest BCUT2D eigenvalue weighted by atomic mass is 9.75. The van der Waals surface area contributed by atoms with E-state index in [4.69, 9.17) is 0 Å². The summed E-state index contributed by atoms with van der Waals surface area (Å²) in [7, 11) is 0. The van der Waals surface area contributed by atoms with Crippen molar-refractivity contribution in [1.29, 1.82) is 0 Å². The van der Waals surface area contributed by atoms with Crippen molar-refractivity contribution in [3.8, 4) is 0 Å². The van der Waals surface area contributed by atoms with Gasteiger partial charge in [0.1, 0.15) is 0 Å². The van der Waals surface area contributed by atoms with E-state index in [9.17, 15) is 17.6 Å². The van der Waals surface area contributed by atoms with Crippen molar-refractivity contribution in [2.45, 2.75) is 73.0 Å². The molecule has 19 heavy (non-hydrogen) atoms. The topological polar surface area (TPSA) is 9.23 Å². The highest BCUT2D eigenvalue weighted by atomic mass is 19.3. The highest BCUT2D eigenvalue weighted by Crippen LogP contribution is 2.52. The molecule has 116 valence electrons. The number of ether oxygens (including phenoxy) is 1. The molecule has 0 saturated carbocycles. The highest BCUT2D eigenvalue weighted by Gasteiger charge is 2.68. The standard InChI is InChI=1S/C14H26F4O/c1-9(2)11(5,6)13(15,16)14(17,18)19-12(7,8)10(3)4/h9-10H,1-8H3. The Morgan fingerprint density at radius 1 is 0.737 bits per heavy atom. The van der Waals surface area contributed by atoms with E-state index in [1.165, 1.54) is 27.7 Å². The molecule has 0 aliphatic heterocycles. The smallest absolute Gasteiger partial charge is 0.309 e. The molecule has 0 radical (unpaired) electrons. The molecular weight excluding hydrogens is 260 g/mol. The third kappa shape index (κ3) is 3.41. The number of hydrogen-bond acceptors (Lipinski definition) is 1. The summed E-state index contributed by atoms with van der Waals surface area (Å²) in [6, 6.07) is 0. The third-order valence-corrected chi connectivity index (χ3v) is 4.40. The van der Waals surface area contributed by atoms with Gasteiger partial charge in [0.25, 0.3) is 0 Å². The molecule has 1 nitrogen and oxygen atoms in total. The zero-order valence-corrected chi connectivity index (χ0v) is 13.1. The van der Waals surface area contributed by atoms with Crippen LogP contribution in [0.1, 0.15) is 55.4 Å². The van der Waals surface area contributed by atoms with Crippen LogP contribution in [0.2, 0.25) is 0 Å². The van der Waals surface area contributed by atoms with Gasteiger partial charge in [0.05, 0.1) is 5.60 Å². The van der Waals surface area contributed by atoms with Gasteiger partial charge in [-0.05, 0) is 25.7 Å². The van der Waals surface area contributed by atoms with Gasteiger partial charge in [-0.3, -0.25) is 0 Å². The molecule has 0 bridgehead atoms. The molecule has 0 atom stereocenters. The molecule has 0 amide bonds. The average molecular weight is 286 g/mol. The molecule has 0 heterocycles. The summed E-state index contributed by atoms with van der Waals surface area (Å²) < 4.78 is 60.7. The van der Waals surface area contributed by atoms with Crippen LogP contribution in [0.4, 0.5) is 17.6 Å². The monoisotopic (exact) mass is 286 g/mol. The second-order valence-electron chi connectivity index (χ2n) is 6.83. The second kappa shape index (κ2) is 5.23. The number of alkyl halides is 4. The van der Waals surface area contributed by atoms with Gasteiger partial charge in [-0.2, -0.15) is 17.6 Å². The van der Waals surface area contributed by atoms with E-state index in [0.29, 0.717) is 0 Å². The van der Waals surface area contributed by atoms with E-state index in [0.717, 1.165) is 13.8 Å². The fourth-order valence-corrected chi connectivity index (χ4v) is 1.25. The minimum absolute atomic E-state index is 0.309. The van der Waals surface area contributed by atoms with Gasteiger partial charge < -0.3 is 4.74 Å². The van der Waals surface area contributed by atoms with Crippen molar-refractivity contribution >= 4 is 0 Å². The molecule has 0 aromatic rings. The quantitative estimate of drug-likeness (QED) is 0.598.